The van der Waals surface area contributed by atoms with E-state index in [0.717, 1.165) is 16.7 Å². The molecule has 130 valence electrons. The van der Waals surface area contributed by atoms with Gasteiger partial charge in [0.15, 0.2) is 0 Å². The molecular formula is C19H20ClN3O2. The van der Waals surface area contributed by atoms with Crippen molar-refractivity contribution in [3.8, 4) is 0 Å². The van der Waals surface area contributed by atoms with Gasteiger partial charge in [0.05, 0.1) is 12.8 Å². The van der Waals surface area contributed by atoms with Crippen LogP contribution in [0.25, 0.3) is 0 Å². The maximum atomic E-state index is 11.9. The fourth-order valence-corrected chi connectivity index (χ4v) is 2.69. The van der Waals surface area contributed by atoms with Gasteiger partial charge in [0, 0.05) is 16.1 Å². The van der Waals surface area contributed by atoms with Crippen LogP contribution in [0.5, 0.6) is 0 Å². The average molecular weight is 358 g/mol. The van der Waals surface area contributed by atoms with E-state index in [2.05, 4.69) is 28.0 Å². The zero-order valence-corrected chi connectivity index (χ0v) is 15.1. The van der Waals surface area contributed by atoms with E-state index >= 15 is 0 Å². The van der Waals surface area contributed by atoms with Crippen molar-refractivity contribution in [3.05, 3.63) is 69.2 Å². The molecule has 0 aromatic heterocycles. The molecule has 0 unspecified atom stereocenters. The van der Waals surface area contributed by atoms with E-state index in [1.165, 1.54) is 11.6 Å². The molecule has 5 nitrogen and oxygen atoms in total. The lowest BCUT2D eigenvalue weighted by Gasteiger charge is -2.07. The van der Waals surface area contributed by atoms with Crippen molar-refractivity contribution in [3.63, 3.8) is 0 Å². The summed E-state index contributed by atoms with van der Waals surface area (Å²) in [5.41, 5.74) is 7.13. The number of carbonyl (C=O) groups is 2. The van der Waals surface area contributed by atoms with E-state index in [9.17, 15) is 9.59 Å². The molecule has 0 bridgehead atoms. The predicted octanol–water partition coefficient (Wildman–Crippen LogP) is 3.15. The summed E-state index contributed by atoms with van der Waals surface area (Å²) >= 11 is 5.84. The molecule has 0 saturated heterocycles. The molecule has 2 N–H and O–H groups in total. The third-order valence-electron chi connectivity index (χ3n) is 3.62. The first-order valence-corrected chi connectivity index (χ1v) is 8.18. The van der Waals surface area contributed by atoms with Crippen LogP contribution >= 0.6 is 11.6 Å². The van der Waals surface area contributed by atoms with E-state index in [4.69, 9.17) is 11.6 Å². The molecule has 2 aromatic rings. The summed E-state index contributed by atoms with van der Waals surface area (Å²) in [7, 11) is 0. The Labute approximate surface area is 152 Å². The third-order valence-corrected chi connectivity index (χ3v) is 3.85. The second kappa shape index (κ2) is 8.44. The van der Waals surface area contributed by atoms with Crippen LogP contribution in [0.1, 0.15) is 32.6 Å². The highest BCUT2D eigenvalue weighted by molar-refractivity contribution is 6.30. The first-order valence-electron chi connectivity index (χ1n) is 7.80. The van der Waals surface area contributed by atoms with E-state index in [1.807, 2.05) is 20.8 Å². The lowest BCUT2D eigenvalue weighted by atomic mass is 10.0. The van der Waals surface area contributed by atoms with Gasteiger partial charge in [-0.15, -0.1) is 0 Å². The molecule has 0 spiro atoms. The van der Waals surface area contributed by atoms with Gasteiger partial charge in [-0.3, -0.25) is 9.59 Å². The van der Waals surface area contributed by atoms with Crippen LogP contribution in [0.4, 0.5) is 0 Å². The van der Waals surface area contributed by atoms with Crippen molar-refractivity contribution >= 4 is 29.6 Å². The monoisotopic (exact) mass is 357 g/mol. The van der Waals surface area contributed by atoms with Gasteiger partial charge in [-0.2, -0.15) is 5.10 Å². The zero-order valence-electron chi connectivity index (χ0n) is 14.4. The molecule has 0 aliphatic rings. The van der Waals surface area contributed by atoms with Gasteiger partial charge in [0.2, 0.25) is 0 Å². The van der Waals surface area contributed by atoms with Gasteiger partial charge in [-0.25, -0.2) is 5.43 Å². The van der Waals surface area contributed by atoms with Crippen molar-refractivity contribution in [1.29, 1.82) is 0 Å². The van der Waals surface area contributed by atoms with Crippen LogP contribution in [0, 0.1) is 20.8 Å². The number of hydrogen-bond acceptors (Lipinski definition) is 3. The van der Waals surface area contributed by atoms with Gasteiger partial charge < -0.3 is 5.32 Å². The van der Waals surface area contributed by atoms with E-state index in [1.54, 1.807) is 24.4 Å². The maximum Gasteiger partial charge on any atom is 0.259 e. The van der Waals surface area contributed by atoms with Crippen LogP contribution in [0.2, 0.25) is 5.02 Å². The van der Waals surface area contributed by atoms with Crippen LogP contribution in [-0.2, 0) is 4.79 Å². The van der Waals surface area contributed by atoms with E-state index < -0.39 is 5.91 Å². The summed E-state index contributed by atoms with van der Waals surface area (Å²) in [6.07, 6.45) is 1.61. The van der Waals surface area contributed by atoms with Gasteiger partial charge in [0.25, 0.3) is 11.8 Å². The Bertz CT molecular complexity index is 808. The molecule has 2 aromatic carbocycles. The molecular weight excluding hydrogens is 338 g/mol. The minimum Gasteiger partial charge on any atom is -0.343 e. The summed E-state index contributed by atoms with van der Waals surface area (Å²) in [4.78, 5) is 23.7. The molecule has 0 aliphatic heterocycles. The third kappa shape index (κ3) is 5.43. The highest BCUT2D eigenvalue weighted by Gasteiger charge is 2.08. The lowest BCUT2D eigenvalue weighted by Crippen LogP contribution is -2.34. The maximum absolute atomic E-state index is 11.9. The van der Waals surface area contributed by atoms with Gasteiger partial charge in [-0.05, 0) is 50.1 Å². The molecule has 25 heavy (non-hydrogen) atoms. The second-order valence-corrected chi connectivity index (χ2v) is 6.24. The number of hydrogen-bond donors (Lipinski definition) is 2. The van der Waals surface area contributed by atoms with Crippen LogP contribution in [-0.4, -0.2) is 24.6 Å². The number of amides is 2. The number of nitrogens with zero attached hydrogens (tertiary/aromatic N) is 1. The standard InChI is InChI=1S/C19H20ClN3O2/c1-12-7-13(2)17(14(3)8-12)10-22-23-18(24)11-21-19(25)15-5-4-6-16(20)9-15/h4-10H,11H2,1-3H3,(H,21,25)(H,23,24). The predicted molar refractivity (Wildman–Crippen MR) is 100 cm³/mol. The molecule has 2 amide bonds. The highest BCUT2D eigenvalue weighted by Crippen LogP contribution is 2.14. The smallest absolute Gasteiger partial charge is 0.259 e. The van der Waals surface area contributed by atoms with Crippen molar-refractivity contribution in [2.24, 2.45) is 5.10 Å². The van der Waals surface area contributed by atoms with Crippen LogP contribution < -0.4 is 10.7 Å². The molecule has 0 aliphatic carbocycles. The average Bonchev–Trinajstić information content (AvgIpc) is 2.55. The van der Waals surface area contributed by atoms with Crippen LogP contribution in [0.3, 0.4) is 0 Å². The number of hydrazone groups is 1. The van der Waals surface area contributed by atoms with Crippen molar-refractivity contribution in [2.45, 2.75) is 20.8 Å². The Balaban J connectivity index is 1.88. The summed E-state index contributed by atoms with van der Waals surface area (Å²) in [6, 6.07) is 10.6. The molecule has 0 atom stereocenters. The molecule has 6 heteroatoms. The van der Waals surface area contributed by atoms with Crippen molar-refractivity contribution in [1.82, 2.24) is 10.7 Å². The van der Waals surface area contributed by atoms with E-state index in [0.29, 0.717) is 10.6 Å². The quantitative estimate of drug-likeness (QED) is 0.637. The fourth-order valence-electron chi connectivity index (χ4n) is 2.50. The van der Waals surface area contributed by atoms with Crippen molar-refractivity contribution < 1.29 is 9.59 Å². The first kappa shape index (κ1) is 18.7. The number of benzene rings is 2. The summed E-state index contributed by atoms with van der Waals surface area (Å²) < 4.78 is 0. The zero-order chi connectivity index (χ0) is 18.4. The number of nitrogens with one attached hydrogen (secondary N) is 2. The van der Waals surface area contributed by atoms with E-state index in [-0.39, 0.29) is 12.5 Å². The SMILES string of the molecule is Cc1cc(C)c(C=NNC(=O)CNC(=O)c2cccc(Cl)c2)c(C)c1. The Morgan fingerprint density at radius 1 is 1.12 bits per heavy atom. The summed E-state index contributed by atoms with van der Waals surface area (Å²) in [6.45, 7) is 5.85. The first-order chi connectivity index (χ1) is 11.9. The fraction of sp³-hybridized carbons (Fsp3) is 0.211. The Hall–Kier alpha value is -2.66. The van der Waals surface area contributed by atoms with Gasteiger partial charge >= 0.3 is 0 Å². The Morgan fingerprint density at radius 2 is 1.80 bits per heavy atom. The van der Waals surface area contributed by atoms with Gasteiger partial charge in [0.1, 0.15) is 0 Å². The summed E-state index contributed by atoms with van der Waals surface area (Å²) in [5.74, 6) is -0.777. The largest absolute Gasteiger partial charge is 0.343 e. The Morgan fingerprint density at radius 3 is 2.44 bits per heavy atom. The second-order valence-electron chi connectivity index (χ2n) is 5.80. The minimum atomic E-state index is -0.408. The Kier molecular flexibility index (Phi) is 6.31. The molecule has 0 fully saturated rings. The lowest BCUT2D eigenvalue weighted by molar-refractivity contribution is -0.120. The van der Waals surface area contributed by atoms with Gasteiger partial charge in [-0.1, -0.05) is 35.4 Å². The number of aryl methyl sites for hydroxylation is 3. The van der Waals surface area contributed by atoms with Crippen LogP contribution in [0.15, 0.2) is 41.5 Å². The molecule has 0 radical (unpaired) electrons. The number of carbonyl (C=O) groups excluding carboxylic acids is 2. The van der Waals surface area contributed by atoms with Crippen molar-refractivity contribution in [2.75, 3.05) is 6.54 Å². The molecule has 0 saturated carbocycles. The molecule has 2 rings (SSSR count). The molecule has 0 heterocycles. The number of halogens is 1. The number of rotatable bonds is 5. The highest BCUT2D eigenvalue weighted by atomic mass is 35.5. The normalized spacial score (nSPS) is 10.7. The topological polar surface area (TPSA) is 70.6 Å². The minimum absolute atomic E-state index is 0.172. The summed E-state index contributed by atoms with van der Waals surface area (Å²) in [5, 5.41) is 6.95.